The van der Waals surface area contributed by atoms with Gasteiger partial charge in [-0.1, -0.05) is 88.4 Å². The summed E-state index contributed by atoms with van der Waals surface area (Å²) >= 11 is 4.97. The summed E-state index contributed by atoms with van der Waals surface area (Å²) < 4.78 is 5.70. The zero-order valence-electron chi connectivity index (χ0n) is 39.3. The van der Waals surface area contributed by atoms with Crippen LogP contribution in [0.25, 0.3) is 0 Å². The molecule has 344 valence electrons. The molecule has 3 N–H and O–H groups in total. The van der Waals surface area contributed by atoms with Gasteiger partial charge in [0.25, 0.3) is 0 Å². The number of hydrogen-bond acceptors (Lipinski definition) is 8. The summed E-state index contributed by atoms with van der Waals surface area (Å²) in [6.45, 7) is 26.2. The van der Waals surface area contributed by atoms with Gasteiger partial charge >= 0.3 is 17.9 Å². The molecule has 10 nitrogen and oxygen atoms in total. The van der Waals surface area contributed by atoms with Gasteiger partial charge in [0.15, 0.2) is 0 Å². The molecule has 0 heterocycles. The largest absolute Gasteiger partial charge is 0.508 e. The number of rotatable bonds is 19. The highest BCUT2D eigenvalue weighted by Crippen LogP contribution is 2.37. The van der Waals surface area contributed by atoms with Crippen LogP contribution in [0.5, 0.6) is 11.5 Å². The Morgan fingerprint density at radius 2 is 0.905 bits per heavy atom. The van der Waals surface area contributed by atoms with Crippen molar-refractivity contribution in [3.63, 3.8) is 0 Å². The molecule has 4 aromatic rings. The van der Waals surface area contributed by atoms with Gasteiger partial charge in [-0.3, -0.25) is 19.4 Å². The molecule has 0 unspecified atom stereocenters. The molecule has 0 aliphatic carbocycles. The summed E-state index contributed by atoms with van der Waals surface area (Å²) in [5.41, 5.74) is 3.93. The van der Waals surface area contributed by atoms with Crippen LogP contribution in [0.15, 0.2) is 97.1 Å². The molecule has 0 radical (unpaired) electrons. The van der Waals surface area contributed by atoms with Crippen LogP contribution < -0.4 is 4.74 Å². The second-order valence-electron chi connectivity index (χ2n) is 17.5. The molecule has 11 heteroatoms. The van der Waals surface area contributed by atoms with Crippen LogP contribution in [0, 0.1) is 11.8 Å². The number of phenols is 1. The fraction of sp³-hybridized carbons (Fsp3) is 0.462. The summed E-state index contributed by atoms with van der Waals surface area (Å²) in [6, 6.07) is 30.9. The van der Waals surface area contributed by atoms with E-state index in [1.165, 1.54) is 18.2 Å². The maximum Gasteiger partial charge on any atom is 0.335 e. The number of phenolic OH excluding ortho intramolecular Hbond substituents is 1. The number of carbonyl (C=O) groups is 4. The third-order valence-electron chi connectivity index (χ3n) is 10.8. The first-order valence-corrected chi connectivity index (χ1v) is 22.4. The Bertz CT molecular complexity index is 2020. The smallest absolute Gasteiger partial charge is 0.335 e. The standard InChI is InChI=1S/C26H35NO4.C22H29NO3.C4H7ClO/c1-17(2)26(30)31-24-13-12-21(25(28)29)16-23(24)22(20-10-8-7-9-11-20)14-15-27(18(3)4)19(5)6;1-15(2)23(16(3)4)13-12-19(17-8-6-5-7-9-17)20-14-18(22(25)26)10-11-21(20)24;1-3(2)4(5)6/h7-13,16-19,22H,14-15H2,1-6H3,(H,28,29);5-11,14-16,19,24H,12-13H2,1-4H3,(H,25,26);3H,1-2H3/t22-;19-;/m11./s1. The van der Waals surface area contributed by atoms with Crippen molar-refractivity contribution in [3.8, 4) is 11.5 Å². The molecule has 0 fully saturated rings. The summed E-state index contributed by atoms with van der Waals surface area (Å²) in [6.07, 6.45) is 1.58. The highest BCUT2D eigenvalue weighted by Gasteiger charge is 2.26. The van der Waals surface area contributed by atoms with Crippen LogP contribution >= 0.6 is 11.6 Å². The van der Waals surface area contributed by atoms with Crippen molar-refractivity contribution < 1.29 is 39.2 Å². The van der Waals surface area contributed by atoms with Crippen LogP contribution in [0.4, 0.5) is 0 Å². The molecule has 0 aromatic heterocycles. The molecule has 0 saturated heterocycles. The van der Waals surface area contributed by atoms with E-state index in [1.807, 2.05) is 60.7 Å². The molecule has 0 spiro atoms. The topological polar surface area (TPSA) is 145 Å². The summed E-state index contributed by atoms with van der Waals surface area (Å²) in [5.74, 6) is -2.20. The van der Waals surface area contributed by atoms with E-state index in [2.05, 4.69) is 65.2 Å². The number of carboxylic acids is 2. The molecule has 0 saturated carbocycles. The lowest BCUT2D eigenvalue weighted by Crippen LogP contribution is -2.38. The number of hydrogen-bond donors (Lipinski definition) is 3. The third-order valence-corrected chi connectivity index (χ3v) is 11.3. The van der Waals surface area contributed by atoms with E-state index in [0.29, 0.717) is 35.5 Å². The van der Waals surface area contributed by atoms with E-state index < -0.39 is 11.9 Å². The fourth-order valence-corrected chi connectivity index (χ4v) is 7.40. The number of nitrogens with zero attached hydrogens (tertiary/aromatic N) is 2. The van der Waals surface area contributed by atoms with E-state index in [4.69, 9.17) is 16.3 Å². The minimum atomic E-state index is -0.999. The van der Waals surface area contributed by atoms with E-state index in [0.717, 1.165) is 42.6 Å². The second kappa shape index (κ2) is 26.6. The lowest BCUT2D eigenvalue weighted by atomic mass is 9.86. The normalized spacial score (nSPS) is 12.3. The predicted molar refractivity (Wildman–Crippen MR) is 254 cm³/mol. The monoisotopic (exact) mass is 886 g/mol. The molecule has 0 aliphatic heterocycles. The molecule has 2 atom stereocenters. The summed E-state index contributed by atoms with van der Waals surface area (Å²) in [4.78, 5) is 50.1. The van der Waals surface area contributed by atoms with Crippen LogP contribution in [0.2, 0.25) is 0 Å². The number of benzene rings is 4. The van der Waals surface area contributed by atoms with Gasteiger partial charge in [0, 0.05) is 53.0 Å². The Hall–Kier alpha value is -5.03. The van der Waals surface area contributed by atoms with Crippen molar-refractivity contribution in [2.24, 2.45) is 11.8 Å². The Labute approximate surface area is 381 Å². The average Bonchev–Trinajstić information content (AvgIpc) is 3.22. The molecule has 4 rings (SSSR count). The number of aromatic carboxylic acids is 2. The van der Waals surface area contributed by atoms with Crippen LogP contribution in [0.1, 0.15) is 151 Å². The van der Waals surface area contributed by atoms with Crippen LogP contribution in [-0.2, 0) is 9.59 Å². The predicted octanol–water partition coefficient (Wildman–Crippen LogP) is 11.7. The lowest BCUT2D eigenvalue weighted by Gasteiger charge is -2.32. The Morgan fingerprint density at radius 3 is 1.25 bits per heavy atom. The SMILES string of the molecule is CC(C)C(=O)Cl.CC(C)C(=O)Oc1ccc(C(=O)O)cc1[C@H](CCN(C(C)C)C(C)C)c1ccccc1.CC(C)N(CC[C@H](c1ccccc1)c1cc(C(=O)O)ccc1O)C(C)C. The summed E-state index contributed by atoms with van der Waals surface area (Å²) in [5, 5.41) is 29.1. The maximum absolute atomic E-state index is 12.3. The molecule has 0 aliphatic rings. The Morgan fingerprint density at radius 1 is 0.540 bits per heavy atom. The number of carboxylic acid groups (broad SMARTS) is 2. The van der Waals surface area contributed by atoms with E-state index in [9.17, 15) is 34.5 Å². The van der Waals surface area contributed by atoms with Crippen molar-refractivity contribution in [2.75, 3.05) is 13.1 Å². The van der Waals surface area contributed by atoms with Crippen molar-refractivity contribution >= 4 is 34.8 Å². The van der Waals surface area contributed by atoms with E-state index >= 15 is 0 Å². The van der Waals surface area contributed by atoms with Crippen molar-refractivity contribution in [3.05, 3.63) is 130 Å². The molecular weight excluding hydrogens is 816 g/mol. The van der Waals surface area contributed by atoms with Gasteiger partial charge in [-0.05, 0) is 140 Å². The Balaban J connectivity index is 0.000000388. The average molecular weight is 888 g/mol. The highest BCUT2D eigenvalue weighted by molar-refractivity contribution is 6.63. The number of aromatic hydroxyl groups is 1. The van der Waals surface area contributed by atoms with Crippen molar-refractivity contribution in [1.82, 2.24) is 9.80 Å². The first kappa shape index (κ1) is 54.1. The van der Waals surface area contributed by atoms with Gasteiger partial charge in [-0.15, -0.1) is 0 Å². The van der Waals surface area contributed by atoms with Crippen LogP contribution in [0.3, 0.4) is 0 Å². The zero-order chi connectivity index (χ0) is 47.6. The maximum atomic E-state index is 12.3. The minimum Gasteiger partial charge on any atom is -0.508 e. The first-order valence-electron chi connectivity index (χ1n) is 22.0. The second-order valence-corrected chi connectivity index (χ2v) is 17.9. The highest BCUT2D eigenvalue weighted by atomic mass is 35.5. The molecular formula is C52H71ClN2O8. The minimum absolute atomic E-state index is 0.0216. The zero-order valence-corrected chi connectivity index (χ0v) is 40.1. The van der Waals surface area contributed by atoms with Gasteiger partial charge < -0.3 is 20.1 Å². The van der Waals surface area contributed by atoms with E-state index in [1.54, 1.807) is 45.9 Å². The van der Waals surface area contributed by atoms with Crippen molar-refractivity contribution in [1.29, 1.82) is 0 Å². The molecule has 63 heavy (non-hydrogen) atoms. The molecule has 0 bridgehead atoms. The quantitative estimate of drug-likeness (QED) is 0.0473. The first-order chi connectivity index (χ1) is 29.6. The van der Waals surface area contributed by atoms with Gasteiger partial charge in [0.1, 0.15) is 11.5 Å². The van der Waals surface area contributed by atoms with Gasteiger partial charge in [-0.25, -0.2) is 9.59 Å². The van der Waals surface area contributed by atoms with E-state index in [-0.39, 0.29) is 51.8 Å². The summed E-state index contributed by atoms with van der Waals surface area (Å²) in [7, 11) is 0. The lowest BCUT2D eigenvalue weighted by molar-refractivity contribution is -0.137. The number of halogens is 1. The fourth-order valence-electron chi connectivity index (χ4n) is 7.40. The molecule has 4 aromatic carbocycles. The number of esters is 1. The van der Waals surface area contributed by atoms with Crippen molar-refractivity contribution in [2.45, 2.75) is 132 Å². The molecule has 0 amide bonds. The Kier molecular flexibility index (Phi) is 22.8. The van der Waals surface area contributed by atoms with Gasteiger partial charge in [-0.2, -0.15) is 0 Å². The van der Waals surface area contributed by atoms with Crippen LogP contribution in [-0.4, -0.2) is 85.5 Å². The third kappa shape index (κ3) is 17.6. The number of carbonyl (C=O) groups excluding carboxylic acids is 2. The van der Waals surface area contributed by atoms with Gasteiger partial charge in [0.2, 0.25) is 5.24 Å². The number of ether oxygens (including phenoxy) is 1. The van der Waals surface area contributed by atoms with Gasteiger partial charge in [0.05, 0.1) is 17.0 Å².